The minimum Gasteiger partial charge on any atom is -0.486 e. The van der Waals surface area contributed by atoms with E-state index in [2.05, 4.69) is 11.4 Å². The first-order valence-corrected chi connectivity index (χ1v) is 11.5. The summed E-state index contributed by atoms with van der Waals surface area (Å²) < 4.78 is 11.2. The number of ether oxygens (including phenoxy) is 2. The van der Waals surface area contributed by atoms with E-state index in [-0.39, 0.29) is 11.8 Å². The van der Waals surface area contributed by atoms with Gasteiger partial charge in [-0.2, -0.15) is 0 Å². The van der Waals surface area contributed by atoms with E-state index in [1.807, 2.05) is 29.6 Å². The zero-order valence-corrected chi connectivity index (χ0v) is 18.8. The number of anilines is 1. The van der Waals surface area contributed by atoms with Crippen molar-refractivity contribution in [2.24, 2.45) is 0 Å². The molecule has 0 saturated carbocycles. The lowest BCUT2D eigenvalue weighted by atomic mass is 10.1. The van der Waals surface area contributed by atoms with E-state index in [0.29, 0.717) is 43.2 Å². The van der Waals surface area contributed by atoms with Gasteiger partial charge in [0.05, 0.1) is 0 Å². The van der Waals surface area contributed by atoms with Gasteiger partial charge in [-0.25, -0.2) is 0 Å². The van der Waals surface area contributed by atoms with Crippen LogP contribution >= 0.6 is 11.3 Å². The molecule has 2 heterocycles. The van der Waals surface area contributed by atoms with Crippen LogP contribution < -0.4 is 14.8 Å². The van der Waals surface area contributed by atoms with Crippen molar-refractivity contribution in [2.45, 2.75) is 25.8 Å². The van der Waals surface area contributed by atoms with Crippen molar-refractivity contribution in [1.82, 2.24) is 4.90 Å². The first-order valence-electron chi connectivity index (χ1n) is 10.6. The van der Waals surface area contributed by atoms with Gasteiger partial charge < -0.3 is 19.7 Å². The molecule has 0 atom stereocenters. The molecule has 6 nitrogen and oxygen atoms in total. The monoisotopic (exact) mass is 450 g/mol. The van der Waals surface area contributed by atoms with Crippen LogP contribution in [0.3, 0.4) is 0 Å². The molecule has 1 aromatic heterocycles. The summed E-state index contributed by atoms with van der Waals surface area (Å²) in [7, 11) is 1.76. The van der Waals surface area contributed by atoms with Crippen molar-refractivity contribution in [3.63, 3.8) is 0 Å². The molecule has 2 aromatic carbocycles. The second kappa shape index (κ2) is 10.3. The smallest absolute Gasteiger partial charge is 0.253 e. The third kappa shape index (κ3) is 5.68. The lowest BCUT2D eigenvalue weighted by Crippen LogP contribution is -2.26. The summed E-state index contributed by atoms with van der Waals surface area (Å²) in [4.78, 5) is 28.2. The second-order valence-corrected chi connectivity index (χ2v) is 8.73. The molecule has 0 bridgehead atoms. The van der Waals surface area contributed by atoms with Gasteiger partial charge in [-0.15, -0.1) is 11.3 Å². The number of nitrogens with zero attached hydrogens (tertiary/aromatic N) is 1. The number of hydrogen-bond donors (Lipinski definition) is 1. The van der Waals surface area contributed by atoms with Crippen molar-refractivity contribution in [2.75, 3.05) is 25.6 Å². The van der Waals surface area contributed by atoms with Crippen molar-refractivity contribution in [3.05, 3.63) is 76.0 Å². The number of nitrogens with one attached hydrogen (secondary N) is 1. The van der Waals surface area contributed by atoms with Crippen LogP contribution in [0.25, 0.3) is 0 Å². The molecule has 166 valence electrons. The van der Waals surface area contributed by atoms with Crippen molar-refractivity contribution < 1.29 is 19.1 Å². The Bertz CT molecular complexity index is 1080. The minimum absolute atomic E-state index is 0.0456. The number of hydrogen-bond acceptors (Lipinski definition) is 5. The van der Waals surface area contributed by atoms with E-state index in [4.69, 9.17) is 9.47 Å². The molecule has 1 N–H and O–H groups in total. The Kier molecular flexibility index (Phi) is 7.07. The lowest BCUT2D eigenvalue weighted by molar-refractivity contribution is -0.116. The maximum absolute atomic E-state index is 12.9. The molecule has 0 unspecified atom stereocenters. The van der Waals surface area contributed by atoms with E-state index in [1.165, 1.54) is 4.88 Å². The Morgan fingerprint density at radius 2 is 1.88 bits per heavy atom. The second-order valence-electron chi connectivity index (χ2n) is 7.70. The number of carbonyl (C=O) groups is 2. The molecule has 0 fully saturated rings. The summed E-state index contributed by atoms with van der Waals surface area (Å²) in [6, 6.07) is 16.9. The van der Waals surface area contributed by atoms with Crippen LogP contribution in [0.1, 0.15) is 33.6 Å². The van der Waals surface area contributed by atoms with Crippen LogP contribution in [0.15, 0.2) is 60.0 Å². The molecule has 7 heteroatoms. The number of thiophene rings is 1. The maximum atomic E-state index is 12.9. The Labute approximate surface area is 191 Å². The normalized spacial score (nSPS) is 12.3. The molecule has 0 spiro atoms. The number of rotatable bonds is 8. The lowest BCUT2D eigenvalue weighted by Gasteiger charge is -2.21. The highest BCUT2D eigenvalue weighted by molar-refractivity contribution is 7.09. The van der Waals surface area contributed by atoms with Gasteiger partial charge in [0.25, 0.3) is 5.91 Å². The quantitative estimate of drug-likeness (QED) is 0.538. The highest BCUT2D eigenvalue weighted by atomic mass is 32.1. The highest BCUT2D eigenvalue weighted by Crippen LogP contribution is 2.31. The molecule has 2 amide bonds. The van der Waals surface area contributed by atoms with Crippen molar-refractivity contribution in [1.29, 1.82) is 0 Å². The number of benzene rings is 2. The number of carbonyl (C=O) groups excluding carboxylic acids is 2. The molecule has 0 aliphatic carbocycles. The van der Waals surface area contributed by atoms with Gasteiger partial charge in [0.2, 0.25) is 5.91 Å². The molecule has 1 aliphatic rings. The van der Waals surface area contributed by atoms with Crippen LogP contribution in [0, 0.1) is 0 Å². The predicted octanol–water partition coefficient (Wildman–Crippen LogP) is 4.75. The summed E-state index contributed by atoms with van der Waals surface area (Å²) >= 11 is 1.71. The van der Waals surface area contributed by atoms with Gasteiger partial charge in [0.1, 0.15) is 13.2 Å². The Morgan fingerprint density at radius 1 is 1.03 bits per heavy atom. The Balaban J connectivity index is 1.32. The Hall–Kier alpha value is -3.32. The largest absolute Gasteiger partial charge is 0.486 e. The fourth-order valence-electron chi connectivity index (χ4n) is 3.58. The van der Waals surface area contributed by atoms with Gasteiger partial charge in [-0.1, -0.05) is 18.2 Å². The van der Waals surface area contributed by atoms with Gasteiger partial charge >= 0.3 is 0 Å². The fourth-order valence-corrected chi connectivity index (χ4v) is 4.33. The predicted molar refractivity (Wildman–Crippen MR) is 126 cm³/mol. The third-order valence-corrected chi connectivity index (χ3v) is 6.11. The first kappa shape index (κ1) is 21.9. The summed E-state index contributed by atoms with van der Waals surface area (Å²) in [5, 5.41) is 4.95. The van der Waals surface area contributed by atoms with E-state index in [0.717, 1.165) is 24.2 Å². The van der Waals surface area contributed by atoms with E-state index < -0.39 is 0 Å². The molecule has 0 radical (unpaired) electrons. The molecule has 1 aliphatic heterocycles. The summed E-state index contributed by atoms with van der Waals surface area (Å²) in [5.41, 5.74) is 2.12. The van der Waals surface area contributed by atoms with Crippen LogP contribution in [0.5, 0.6) is 11.5 Å². The topological polar surface area (TPSA) is 67.9 Å². The van der Waals surface area contributed by atoms with Gasteiger partial charge in [0, 0.05) is 36.1 Å². The molecule has 3 aromatic rings. The maximum Gasteiger partial charge on any atom is 0.253 e. The van der Waals surface area contributed by atoms with Crippen molar-refractivity contribution in [3.8, 4) is 11.5 Å². The number of amides is 2. The van der Waals surface area contributed by atoms with E-state index >= 15 is 0 Å². The van der Waals surface area contributed by atoms with E-state index in [1.54, 1.807) is 47.5 Å². The van der Waals surface area contributed by atoms with Crippen LogP contribution in [-0.4, -0.2) is 37.0 Å². The van der Waals surface area contributed by atoms with Gasteiger partial charge in [0.15, 0.2) is 11.5 Å². The molecular weight excluding hydrogens is 424 g/mol. The molecule has 0 saturated heterocycles. The molecular formula is C25H26N2O4S. The first-order chi connectivity index (χ1) is 15.6. The van der Waals surface area contributed by atoms with Crippen LogP contribution in [0.2, 0.25) is 0 Å². The summed E-state index contributed by atoms with van der Waals surface area (Å²) in [5.74, 6) is 1.27. The zero-order chi connectivity index (χ0) is 22.3. The number of aryl methyl sites for hydroxylation is 1. The van der Waals surface area contributed by atoms with Crippen LogP contribution in [0.4, 0.5) is 5.69 Å². The number of fused-ring (bicyclic) bond motifs is 1. The SMILES string of the molecule is CN(Cc1ccc2c(c1)OCCO2)C(=O)c1cccc(NC(=O)CCCc2cccs2)c1. The molecule has 4 rings (SSSR count). The minimum atomic E-state index is -0.117. The third-order valence-electron chi connectivity index (χ3n) is 5.17. The zero-order valence-electron chi connectivity index (χ0n) is 18.0. The molecule has 32 heavy (non-hydrogen) atoms. The van der Waals surface area contributed by atoms with Gasteiger partial charge in [-0.3, -0.25) is 9.59 Å². The average molecular weight is 451 g/mol. The summed E-state index contributed by atoms with van der Waals surface area (Å²) in [6.07, 6.45) is 2.14. The van der Waals surface area contributed by atoms with Gasteiger partial charge in [-0.05, 0) is 60.2 Å². The Morgan fingerprint density at radius 3 is 2.69 bits per heavy atom. The van der Waals surface area contributed by atoms with E-state index in [9.17, 15) is 9.59 Å². The average Bonchev–Trinajstić information content (AvgIpc) is 3.32. The van der Waals surface area contributed by atoms with Crippen LogP contribution in [-0.2, 0) is 17.8 Å². The summed E-state index contributed by atoms with van der Waals surface area (Å²) in [6.45, 7) is 1.51. The fraction of sp³-hybridized carbons (Fsp3) is 0.280. The standard InChI is InChI=1S/C25H26N2O4S/c1-27(17-18-10-11-22-23(15-18)31-13-12-30-22)25(29)19-5-2-6-20(16-19)26-24(28)9-3-7-21-8-4-14-32-21/h2,4-6,8,10-11,14-16H,3,7,9,12-13,17H2,1H3,(H,26,28). The highest BCUT2D eigenvalue weighted by Gasteiger charge is 2.16. The van der Waals surface area contributed by atoms with Crippen molar-refractivity contribution >= 4 is 28.8 Å².